The molecule has 0 aromatic heterocycles. The minimum Gasteiger partial charge on any atom is -0.458 e. The summed E-state index contributed by atoms with van der Waals surface area (Å²) in [6.45, 7) is -0.953. The molecule has 17 nitrogen and oxygen atoms in total. The number of esters is 1. The van der Waals surface area contributed by atoms with Crippen LogP contribution < -0.4 is 5.32 Å². The van der Waals surface area contributed by atoms with E-state index in [0.717, 1.165) is 16.7 Å². The fraction of sp³-hybridized carbons (Fsp3) is 0.500. The highest BCUT2D eigenvalue weighted by Gasteiger charge is 2.77. The zero-order valence-electron chi connectivity index (χ0n) is 34.7. The Morgan fingerprint density at radius 2 is 1.63 bits per heavy atom. The second-order valence-electron chi connectivity index (χ2n) is 17.2. The van der Waals surface area contributed by atoms with Crippen LogP contribution in [0.2, 0.25) is 0 Å². The molecule has 3 aromatic carbocycles. The van der Waals surface area contributed by atoms with Crippen molar-refractivity contribution in [2.24, 2.45) is 5.41 Å². The van der Waals surface area contributed by atoms with Crippen LogP contribution in [0.4, 0.5) is 0 Å². The summed E-state index contributed by atoms with van der Waals surface area (Å²) in [5, 5.41) is 54.1. The van der Waals surface area contributed by atoms with E-state index in [1.54, 1.807) is 19.2 Å². The van der Waals surface area contributed by atoms with Gasteiger partial charge in [-0.15, -0.1) is 0 Å². The number of hydrogen-bond acceptors (Lipinski definition) is 15. The Morgan fingerprint density at radius 1 is 0.937 bits per heavy atom. The van der Waals surface area contributed by atoms with E-state index in [1.165, 1.54) is 9.96 Å². The van der Waals surface area contributed by atoms with Crippen LogP contribution in [-0.4, -0.2) is 160 Å². The van der Waals surface area contributed by atoms with Gasteiger partial charge in [0.05, 0.1) is 26.4 Å². The SMILES string of the molecule is CN(C(=O)C12CC3OC(=O)C1N(Cc1ccccc1C=CCOC1OC(CO)C(O)C(O)C1O)OC2C1OC2(Cc4ccccc4C2)OC31)C(Cc1ccccc1)C(=O)NCCO. The number of nitrogens with zero attached hydrogens (tertiary/aromatic N) is 2. The Morgan fingerprint density at radius 3 is 2.37 bits per heavy atom. The van der Waals surface area contributed by atoms with E-state index in [2.05, 4.69) is 5.32 Å². The zero-order chi connectivity index (χ0) is 44.0. The van der Waals surface area contributed by atoms with Crippen molar-refractivity contribution in [1.82, 2.24) is 15.3 Å². The molecule has 2 aliphatic carbocycles. The molecule has 336 valence electrons. The number of rotatable bonds is 14. The highest BCUT2D eigenvalue weighted by atomic mass is 16.8. The predicted molar refractivity (Wildman–Crippen MR) is 219 cm³/mol. The van der Waals surface area contributed by atoms with E-state index < -0.39 is 103 Å². The molecule has 0 radical (unpaired) electrons. The van der Waals surface area contributed by atoms with Crippen LogP contribution in [0.5, 0.6) is 0 Å². The first-order chi connectivity index (χ1) is 30.5. The highest BCUT2D eigenvalue weighted by Crippen LogP contribution is 2.59. The number of amides is 2. The summed E-state index contributed by atoms with van der Waals surface area (Å²) >= 11 is 0. The average molecular weight is 872 g/mol. The van der Waals surface area contributed by atoms with E-state index in [1.807, 2.05) is 78.9 Å². The molecule has 1 spiro atoms. The van der Waals surface area contributed by atoms with Gasteiger partial charge >= 0.3 is 5.97 Å². The third-order valence-corrected chi connectivity index (χ3v) is 13.3. The van der Waals surface area contributed by atoms with E-state index in [4.69, 9.17) is 28.5 Å². The van der Waals surface area contributed by atoms with Crippen molar-refractivity contribution in [3.05, 3.63) is 113 Å². The molecule has 12 atom stereocenters. The van der Waals surface area contributed by atoms with Gasteiger partial charge in [-0.1, -0.05) is 91.0 Å². The molecular formula is C46H53N3O14. The maximum absolute atomic E-state index is 15.6. The smallest absolute Gasteiger partial charge is 0.327 e. The first-order valence-corrected chi connectivity index (χ1v) is 21.4. The van der Waals surface area contributed by atoms with Gasteiger partial charge in [-0.25, -0.2) is 0 Å². The number of aliphatic hydroxyl groups excluding tert-OH is 5. The van der Waals surface area contributed by atoms with Gasteiger partial charge in [0.2, 0.25) is 11.8 Å². The van der Waals surface area contributed by atoms with Crippen LogP contribution in [0.15, 0.2) is 84.9 Å². The Bertz CT molecular complexity index is 2170. The molecule has 2 bridgehead atoms. The molecule has 12 unspecified atom stereocenters. The lowest BCUT2D eigenvalue weighted by molar-refractivity contribution is -0.298. The number of benzene rings is 3. The maximum atomic E-state index is 15.6. The number of likely N-dealkylation sites (N-methyl/N-ethyl adjacent to an activating group) is 1. The third kappa shape index (κ3) is 7.88. The van der Waals surface area contributed by atoms with Crippen LogP contribution in [0.25, 0.3) is 6.08 Å². The standard InChI is InChI=1S/C46H53N3O14/c1-48(31(41(55)47-17-18-50)20-26-10-3-2-4-11-26)44(57)46-23-32-37-38(62-45(61-37)21-28-13-6-7-14-29(28)22-45)40(46)63-49(39(46)42(56)59-32)24-30-15-8-5-12-27(30)16-9-19-58-43-36(54)35(53)34(52)33(25-51)60-43/h2-16,31-40,43,50-54H,17-25H2,1H3,(H,47,55). The molecule has 3 aromatic rings. The molecule has 4 saturated heterocycles. The predicted octanol–water partition coefficient (Wildman–Crippen LogP) is -0.226. The number of fused-ring (bicyclic) bond motifs is 5. The van der Waals surface area contributed by atoms with Gasteiger partial charge in [0.1, 0.15) is 60.3 Å². The first kappa shape index (κ1) is 43.6. The summed E-state index contributed by atoms with van der Waals surface area (Å²) in [4.78, 5) is 52.3. The minimum atomic E-state index is -1.58. The number of carbonyl (C=O) groups is 3. The van der Waals surface area contributed by atoms with Crippen molar-refractivity contribution in [3.8, 4) is 0 Å². The molecule has 6 N–H and O–H groups in total. The maximum Gasteiger partial charge on any atom is 0.327 e. The Kier molecular flexibility index (Phi) is 12.3. The first-order valence-electron chi connectivity index (χ1n) is 21.4. The molecule has 9 rings (SSSR count). The normalized spacial score (nSPS) is 33.2. The minimum absolute atomic E-state index is 0.0129. The van der Waals surface area contributed by atoms with E-state index >= 15 is 4.79 Å². The molecule has 5 fully saturated rings. The summed E-state index contributed by atoms with van der Waals surface area (Å²) in [5.74, 6) is -2.69. The lowest BCUT2D eigenvalue weighted by Crippen LogP contribution is -2.70. The summed E-state index contributed by atoms with van der Waals surface area (Å²) in [5.41, 5.74) is 2.80. The van der Waals surface area contributed by atoms with Gasteiger partial charge in [0.25, 0.3) is 0 Å². The van der Waals surface area contributed by atoms with Crippen LogP contribution in [-0.2, 0) is 68.7 Å². The van der Waals surface area contributed by atoms with Gasteiger partial charge in [0.15, 0.2) is 18.1 Å². The highest BCUT2D eigenvalue weighted by molar-refractivity contribution is 5.96. The van der Waals surface area contributed by atoms with Crippen LogP contribution >= 0.6 is 0 Å². The summed E-state index contributed by atoms with van der Waals surface area (Å²) in [6.07, 6.45) is -5.99. The molecule has 1 saturated carbocycles. The number of nitrogens with one attached hydrogen (secondary N) is 1. The second kappa shape index (κ2) is 17.7. The van der Waals surface area contributed by atoms with Gasteiger partial charge in [0, 0.05) is 39.3 Å². The van der Waals surface area contributed by atoms with Crippen molar-refractivity contribution in [2.75, 3.05) is 33.4 Å². The second-order valence-corrected chi connectivity index (χ2v) is 17.2. The van der Waals surface area contributed by atoms with Gasteiger partial charge < -0.3 is 59.4 Å². The quantitative estimate of drug-likeness (QED) is 0.115. The van der Waals surface area contributed by atoms with Crippen LogP contribution in [0, 0.1) is 5.41 Å². The summed E-state index contributed by atoms with van der Waals surface area (Å²) < 4.78 is 31.1. The Balaban J connectivity index is 1.02. The lowest BCUT2D eigenvalue weighted by Gasteiger charge is -2.50. The Labute approximate surface area is 363 Å². The average Bonchev–Trinajstić information content (AvgIpc) is 3.97. The topological polar surface area (TPSA) is 226 Å². The third-order valence-electron chi connectivity index (χ3n) is 13.3. The fourth-order valence-corrected chi connectivity index (χ4v) is 10.3. The number of ether oxygens (including phenoxy) is 5. The molecular weight excluding hydrogens is 819 g/mol. The fourth-order valence-electron chi connectivity index (χ4n) is 10.3. The largest absolute Gasteiger partial charge is 0.458 e. The van der Waals surface area contributed by atoms with Crippen molar-refractivity contribution < 1.29 is 68.4 Å². The Hall–Kier alpha value is -4.63. The van der Waals surface area contributed by atoms with E-state index in [0.29, 0.717) is 24.0 Å². The number of hydroxylamine groups is 2. The molecule has 17 heteroatoms. The molecule has 4 heterocycles. The van der Waals surface area contributed by atoms with Gasteiger partial charge in [-0.3, -0.25) is 19.2 Å². The van der Waals surface area contributed by atoms with E-state index in [9.17, 15) is 35.1 Å². The number of aliphatic hydroxyl groups is 5. The van der Waals surface area contributed by atoms with Gasteiger partial charge in [-0.2, -0.15) is 5.06 Å². The van der Waals surface area contributed by atoms with Crippen LogP contribution in [0.1, 0.15) is 34.2 Å². The van der Waals surface area contributed by atoms with Crippen molar-refractivity contribution in [2.45, 2.75) is 105 Å². The lowest BCUT2D eigenvalue weighted by atomic mass is 9.62. The number of carbonyl (C=O) groups excluding carboxylic acids is 3. The number of hydrogen-bond donors (Lipinski definition) is 6. The summed E-state index contributed by atoms with van der Waals surface area (Å²) in [7, 11) is 1.56. The van der Waals surface area contributed by atoms with Crippen molar-refractivity contribution in [3.63, 3.8) is 0 Å². The molecule has 63 heavy (non-hydrogen) atoms. The van der Waals surface area contributed by atoms with Crippen LogP contribution in [0.3, 0.4) is 0 Å². The molecule has 4 aliphatic heterocycles. The van der Waals surface area contributed by atoms with Gasteiger partial charge in [-0.05, 0) is 27.8 Å². The van der Waals surface area contributed by atoms with E-state index in [-0.39, 0.29) is 39.1 Å². The summed E-state index contributed by atoms with van der Waals surface area (Å²) in [6, 6.07) is 22.4. The van der Waals surface area contributed by atoms with Crippen molar-refractivity contribution in [1.29, 1.82) is 0 Å². The van der Waals surface area contributed by atoms with Crippen molar-refractivity contribution >= 4 is 23.9 Å². The molecule has 6 aliphatic rings. The molecule has 2 amide bonds. The zero-order valence-corrected chi connectivity index (χ0v) is 34.7. The monoisotopic (exact) mass is 871 g/mol.